The number of carbonyl (C=O) groups is 3. The normalized spacial score (nSPS) is 14.4. The van der Waals surface area contributed by atoms with Gasteiger partial charge in [0.05, 0.1) is 25.0 Å². The number of carbonyl (C=O) groups excluding carboxylic acids is 3. The summed E-state index contributed by atoms with van der Waals surface area (Å²) in [6, 6.07) is 11.2. The Morgan fingerprint density at radius 1 is 1.13 bits per heavy atom. The maximum absolute atomic E-state index is 12.8. The van der Waals surface area contributed by atoms with E-state index in [2.05, 4.69) is 12.0 Å². The number of hydrogen-bond acceptors (Lipinski definition) is 6. The molecule has 0 aromatic heterocycles. The van der Waals surface area contributed by atoms with Gasteiger partial charge in [0.15, 0.2) is 11.5 Å². The quantitative estimate of drug-likeness (QED) is 0.304. The smallest absolute Gasteiger partial charge is 0.338 e. The van der Waals surface area contributed by atoms with E-state index in [-0.39, 0.29) is 12.2 Å². The number of amides is 2. The summed E-state index contributed by atoms with van der Waals surface area (Å²) in [7, 11) is 1.50. The molecule has 8 nitrogen and oxygen atoms in total. The van der Waals surface area contributed by atoms with E-state index in [4.69, 9.17) is 14.2 Å². The maximum atomic E-state index is 12.8. The van der Waals surface area contributed by atoms with E-state index in [1.807, 2.05) is 0 Å². The number of hydrazine groups is 1. The van der Waals surface area contributed by atoms with Crippen molar-refractivity contribution in [3.63, 3.8) is 0 Å². The van der Waals surface area contributed by atoms with Gasteiger partial charge in [-0.2, -0.15) is 0 Å². The molecule has 1 heterocycles. The summed E-state index contributed by atoms with van der Waals surface area (Å²) in [4.78, 5) is 37.0. The third kappa shape index (κ3) is 4.75. The Labute approximate surface area is 179 Å². The van der Waals surface area contributed by atoms with Gasteiger partial charge in [0, 0.05) is 0 Å². The Kier molecular flexibility index (Phi) is 6.71. The van der Waals surface area contributed by atoms with Crippen LogP contribution in [0.4, 0.5) is 5.69 Å². The van der Waals surface area contributed by atoms with Gasteiger partial charge in [-0.05, 0) is 55.0 Å². The van der Waals surface area contributed by atoms with Crippen LogP contribution in [0.5, 0.6) is 11.5 Å². The summed E-state index contributed by atoms with van der Waals surface area (Å²) in [6.07, 6.45) is 3.09. The lowest BCUT2D eigenvalue weighted by molar-refractivity contribution is -0.117. The summed E-state index contributed by atoms with van der Waals surface area (Å²) >= 11 is 0. The summed E-state index contributed by atoms with van der Waals surface area (Å²) in [5.74, 6) is -0.519. The molecular weight excluding hydrogens is 400 g/mol. The molecule has 0 bridgehead atoms. The Bertz CT molecular complexity index is 1040. The lowest BCUT2D eigenvalue weighted by atomic mass is 10.1. The van der Waals surface area contributed by atoms with Crippen molar-refractivity contribution in [1.82, 2.24) is 5.43 Å². The predicted molar refractivity (Wildman–Crippen MR) is 115 cm³/mol. The van der Waals surface area contributed by atoms with E-state index in [0.29, 0.717) is 34.9 Å². The second-order valence-electron chi connectivity index (χ2n) is 6.42. The highest BCUT2D eigenvalue weighted by Gasteiger charge is 2.34. The second kappa shape index (κ2) is 9.62. The minimum absolute atomic E-state index is 0.0312. The molecule has 160 valence electrons. The fourth-order valence-corrected chi connectivity index (χ4v) is 2.91. The number of methoxy groups -OCH3 is 1. The van der Waals surface area contributed by atoms with E-state index >= 15 is 0 Å². The first-order chi connectivity index (χ1) is 15.0. The van der Waals surface area contributed by atoms with Crippen LogP contribution in [0.15, 0.2) is 60.7 Å². The molecule has 0 radical (unpaired) electrons. The van der Waals surface area contributed by atoms with Gasteiger partial charge in [0.25, 0.3) is 11.8 Å². The fourth-order valence-electron chi connectivity index (χ4n) is 2.91. The molecule has 1 aliphatic rings. The summed E-state index contributed by atoms with van der Waals surface area (Å²) < 4.78 is 15.8. The van der Waals surface area contributed by atoms with E-state index < -0.39 is 17.8 Å². The first kappa shape index (κ1) is 21.6. The predicted octanol–water partition coefficient (Wildman–Crippen LogP) is 2.90. The average molecular weight is 422 g/mol. The number of esters is 1. The molecule has 1 N–H and O–H groups in total. The van der Waals surface area contributed by atoms with Crippen molar-refractivity contribution in [3.8, 4) is 11.5 Å². The van der Waals surface area contributed by atoms with Crippen molar-refractivity contribution in [3.05, 3.63) is 71.8 Å². The molecule has 2 aromatic carbocycles. The van der Waals surface area contributed by atoms with Gasteiger partial charge in [-0.15, -0.1) is 0 Å². The zero-order chi connectivity index (χ0) is 22.4. The molecule has 31 heavy (non-hydrogen) atoms. The summed E-state index contributed by atoms with van der Waals surface area (Å²) in [6.45, 7) is 5.91. The molecule has 0 atom stereocenters. The highest BCUT2D eigenvalue weighted by Crippen LogP contribution is 2.30. The van der Waals surface area contributed by atoms with Crippen LogP contribution >= 0.6 is 0 Å². The monoisotopic (exact) mass is 422 g/mol. The molecule has 1 saturated heterocycles. The number of ether oxygens (including phenoxy) is 3. The highest BCUT2D eigenvalue weighted by atomic mass is 16.5. The summed E-state index contributed by atoms with van der Waals surface area (Å²) in [5, 5.41) is 1.13. The van der Waals surface area contributed by atoms with Gasteiger partial charge < -0.3 is 14.2 Å². The van der Waals surface area contributed by atoms with Crippen molar-refractivity contribution >= 4 is 29.5 Å². The zero-order valence-electron chi connectivity index (χ0n) is 17.2. The number of anilines is 1. The first-order valence-corrected chi connectivity index (χ1v) is 9.54. The molecule has 0 aliphatic carbocycles. The van der Waals surface area contributed by atoms with Crippen molar-refractivity contribution in [2.24, 2.45) is 0 Å². The molecule has 0 saturated carbocycles. The lowest BCUT2D eigenvalue weighted by Crippen LogP contribution is -2.35. The number of nitrogens with one attached hydrogen (secondary N) is 1. The van der Waals surface area contributed by atoms with Crippen LogP contribution in [-0.4, -0.2) is 38.1 Å². The van der Waals surface area contributed by atoms with Crippen LogP contribution in [0.2, 0.25) is 0 Å². The average Bonchev–Trinajstić information content (AvgIpc) is 3.06. The van der Waals surface area contributed by atoms with Crippen LogP contribution in [0.1, 0.15) is 22.8 Å². The van der Waals surface area contributed by atoms with Crippen LogP contribution in [-0.2, 0) is 14.3 Å². The minimum Gasteiger partial charge on any atom is -0.493 e. The molecule has 1 fully saturated rings. The third-order valence-corrected chi connectivity index (χ3v) is 4.38. The Morgan fingerprint density at radius 2 is 1.87 bits per heavy atom. The highest BCUT2D eigenvalue weighted by molar-refractivity contribution is 6.31. The molecule has 0 spiro atoms. The van der Waals surface area contributed by atoms with Crippen molar-refractivity contribution in [2.45, 2.75) is 6.92 Å². The topological polar surface area (TPSA) is 94.2 Å². The van der Waals surface area contributed by atoms with Crippen molar-refractivity contribution in [2.75, 3.05) is 25.3 Å². The fraction of sp³-hybridized carbons (Fsp3) is 0.174. The van der Waals surface area contributed by atoms with Gasteiger partial charge in [0.1, 0.15) is 12.2 Å². The van der Waals surface area contributed by atoms with Crippen LogP contribution in [0.3, 0.4) is 0 Å². The van der Waals surface area contributed by atoms with Crippen LogP contribution < -0.4 is 19.9 Å². The van der Waals surface area contributed by atoms with Gasteiger partial charge >= 0.3 is 5.97 Å². The van der Waals surface area contributed by atoms with E-state index in [9.17, 15) is 14.4 Å². The first-order valence-electron chi connectivity index (χ1n) is 9.54. The maximum Gasteiger partial charge on any atom is 0.338 e. The zero-order valence-corrected chi connectivity index (χ0v) is 17.2. The number of benzene rings is 2. The molecule has 1 aliphatic heterocycles. The van der Waals surface area contributed by atoms with E-state index in [1.54, 1.807) is 43.3 Å². The number of hydrogen-bond donors (Lipinski definition) is 1. The minimum atomic E-state index is -0.537. The van der Waals surface area contributed by atoms with Gasteiger partial charge in [-0.3, -0.25) is 15.0 Å². The van der Waals surface area contributed by atoms with Crippen molar-refractivity contribution in [1.29, 1.82) is 0 Å². The van der Waals surface area contributed by atoms with E-state index in [0.717, 1.165) is 5.01 Å². The Hall–Kier alpha value is -4.07. The lowest BCUT2D eigenvalue weighted by Gasteiger charge is -2.14. The van der Waals surface area contributed by atoms with Gasteiger partial charge in [0.2, 0.25) is 0 Å². The van der Waals surface area contributed by atoms with Crippen LogP contribution in [0.25, 0.3) is 6.08 Å². The SMILES string of the molecule is C=CCOc1ccc(C=C2C(=O)NN(c3ccc(C(=O)OCC)cc3)C2=O)cc1OC. The summed E-state index contributed by atoms with van der Waals surface area (Å²) in [5.41, 5.74) is 3.86. The van der Waals surface area contributed by atoms with Gasteiger partial charge in [-0.25, -0.2) is 9.80 Å². The second-order valence-corrected chi connectivity index (χ2v) is 6.42. The molecule has 2 amide bonds. The van der Waals surface area contributed by atoms with Crippen LogP contribution in [0, 0.1) is 0 Å². The number of rotatable bonds is 8. The Morgan fingerprint density at radius 3 is 2.52 bits per heavy atom. The largest absolute Gasteiger partial charge is 0.493 e. The molecule has 2 aromatic rings. The third-order valence-electron chi connectivity index (χ3n) is 4.38. The van der Waals surface area contributed by atoms with Gasteiger partial charge in [-0.1, -0.05) is 18.7 Å². The molecule has 3 rings (SSSR count). The molecular formula is C23H22N2O6. The number of nitrogens with zero attached hydrogens (tertiary/aromatic N) is 1. The Balaban J connectivity index is 1.82. The molecule has 8 heteroatoms. The molecule has 0 unspecified atom stereocenters. The van der Waals surface area contributed by atoms with Crippen molar-refractivity contribution < 1.29 is 28.6 Å². The standard InChI is InChI=1S/C23H22N2O6/c1-4-12-31-19-11-6-15(14-20(19)29-3)13-18-21(26)24-25(22(18)27)17-9-7-16(8-10-17)23(28)30-5-2/h4,6-11,13-14H,1,5,12H2,2-3H3,(H,24,26). The van der Waals surface area contributed by atoms with E-state index in [1.165, 1.54) is 25.3 Å².